The molecule has 14 nitrogen and oxygen atoms in total. The van der Waals surface area contributed by atoms with E-state index in [1.807, 2.05) is 97.1 Å². The van der Waals surface area contributed by atoms with Crippen molar-refractivity contribution in [1.29, 1.82) is 0 Å². The number of aromatic amines is 2. The third kappa shape index (κ3) is 10.5. The van der Waals surface area contributed by atoms with Crippen LogP contribution in [-0.4, -0.2) is 81.9 Å². The van der Waals surface area contributed by atoms with Gasteiger partial charge in [-0.2, -0.15) is 0 Å². The average Bonchev–Trinajstić information content (AvgIpc) is 3.83. The number of H-pyrrole nitrogens is 2. The number of alkyl carbamates (subject to hydrolysis) is 2. The van der Waals surface area contributed by atoms with Gasteiger partial charge in [-0.3, -0.25) is 9.59 Å². The first-order chi connectivity index (χ1) is 27.0. The summed E-state index contributed by atoms with van der Waals surface area (Å²) in [5.41, 5.74) is 6.80. The number of aryl methyl sites for hydroxylation is 2. The minimum atomic E-state index is -0.731. The van der Waals surface area contributed by atoms with Crippen molar-refractivity contribution in [3.8, 4) is 0 Å². The van der Waals surface area contributed by atoms with Gasteiger partial charge < -0.3 is 39.9 Å². The molecule has 4 N–H and O–H groups in total. The molecule has 56 heavy (non-hydrogen) atoms. The summed E-state index contributed by atoms with van der Waals surface area (Å²) in [6, 6.07) is 29.1. The quantitative estimate of drug-likeness (QED) is 0.0970. The van der Waals surface area contributed by atoms with E-state index in [0.717, 1.165) is 46.1 Å². The van der Waals surface area contributed by atoms with Crippen LogP contribution >= 0.6 is 0 Å². The summed E-state index contributed by atoms with van der Waals surface area (Å²) in [5, 5.41) is 5.63. The SMILES string of the molecule is CN(C)C(=O)C[C@H](NC(=O)OCc1ccccc1)c1nc2ccc(CCc3ccc4nc([C@H](CC(=O)N(C)C)NC(=O)OCc5ccccc5)[nH]c4c3)cc2[nH]1. The highest BCUT2D eigenvalue weighted by Crippen LogP contribution is 2.24. The maximum atomic E-state index is 12.8. The van der Waals surface area contributed by atoms with E-state index in [2.05, 4.69) is 20.6 Å². The number of fused-ring (bicyclic) bond motifs is 2. The fourth-order valence-corrected chi connectivity index (χ4v) is 6.04. The van der Waals surface area contributed by atoms with Gasteiger partial charge in [0.05, 0.1) is 47.0 Å². The third-order valence-electron chi connectivity index (χ3n) is 9.26. The van der Waals surface area contributed by atoms with Crippen LogP contribution in [0.15, 0.2) is 97.1 Å². The van der Waals surface area contributed by atoms with Crippen LogP contribution in [-0.2, 0) is 45.1 Å². The second kappa shape index (κ2) is 18.1. The molecule has 2 atom stereocenters. The second-order valence-electron chi connectivity index (χ2n) is 13.9. The highest BCUT2D eigenvalue weighted by Gasteiger charge is 2.25. The molecule has 290 valence electrons. The Morgan fingerprint density at radius 3 is 1.34 bits per heavy atom. The molecule has 2 aromatic heterocycles. The molecule has 6 aromatic rings. The first-order valence-corrected chi connectivity index (χ1v) is 18.3. The monoisotopic (exact) mass is 758 g/mol. The van der Waals surface area contributed by atoms with Gasteiger partial charge in [-0.15, -0.1) is 0 Å². The van der Waals surface area contributed by atoms with E-state index >= 15 is 0 Å². The van der Waals surface area contributed by atoms with Crippen molar-refractivity contribution in [3.05, 3.63) is 131 Å². The molecule has 4 amide bonds. The predicted molar refractivity (Wildman–Crippen MR) is 211 cm³/mol. The Bertz CT molecular complexity index is 2120. The van der Waals surface area contributed by atoms with Gasteiger partial charge in [0.25, 0.3) is 0 Å². The molecule has 0 bridgehead atoms. The molecule has 0 spiro atoms. The summed E-state index contributed by atoms with van der Waals surface area (Å²) in [4.78, 5) is 70.0. The smallest absolute Gasteiger partial charge is 0.408 e. The lowest BCUT2D eigenvalue weighted by Gasteiger charge is -2.18. The molecule has 14 heteroatoms. The van der Waals surface area contributed by atoms with Crippen LogP contribution in [0.5, 0.6) is 0 Å². The molecule has 0 saturated carbocycles. The van der Waals surface area contributed by atoms with Crippen LogP contribution in [0.1, 0.15) is 58.8 Å². The van der Waals surface area contributed by atoms with E-state index in [1.165, 1.54) is 9.80 Å². The molecule has 0 unspecified atom stereocenters. The number of hydrogen-bond donors (Lipinski definition) is 4. The Labute approximate surface area is 324 Å². The number of imidazole rings is 2. The third-order valence-corrected chi connectivity index (χ3v) is 9.26. The van der Waals surface area contributed by atoms with Crippen LogP contribution in [0.3, 0.4) is 0 Å². The number of hydrogen-bond acceptors (Lipinski definition) is 8. The maximum absolute atomic E-state index is 12.8. The van der Waals surface area contributed by atoms with E-state index in [9.17, 15) is 19.2 Å². The van der Waals surface area contributed by atoms with Gasteiger partial charge >= 0.3 is 12.2 Å². The van der Waals surface area contributed by atoms with Crippen molar-refractivity contribution in [1.82, 2.24) is 40.4 Å². The van der Waals surface area contributed by atoms with Crippen molar-refractivity contribution in [3.63, 3.8) is 0 Å². The molecule has 4 aromatic carbocycles. The summed E-state index contributed by atoms with van der Waals surface area (Å²) in [6.07, 6.45) is 0.139. The summed E-state index contributed by atoms with van der Waals surface area (Å²) < 4.78 is 10.9. The van der Waals surface area contributed by atoms with Crippen LogP contribution in [0.2, 0.25) is 0 Å². The molecular weight excluding hydrogens is 713 g/mol. The fourth-order valence-electron chi connectivity index (χ4n) is 6.04. The van der Waals surface area contributed by atoms with Crippen molar-refractivity contribution in [2.24, 2.45) is 0 Å². The van der Waals surface area contributed by atoms with Gasteiger partial charge in [-0.25, -0.2) is 19.6 Å². The van der Waals surface area contributed by atoms with Gasteiger partial charge in [0.2, 0.25) is 11.8 Å². The Balaban J connectivity index is 1.12. The van der Waals surface area contributed by atoms with Crippen molar-refractivity contribution in [2.75, 3.05) is 28.2 Å². The summed E-state index contributed by atoms with van der Waals surface area (Å²) in [6.45, 7) is 0.195. The molecule has 0 saturated heterocycles. The number of rotatable bonds is 15. The molecule has 0 aliphatic carbocycles. The summed E-state index contributed by atoms with van der Waals surface area (Å²) in [7, 11) is 6.65. The number of ether oxygens (including phenoxy) is 2. The zero-order valence-corrected chi connectivity index (χ0v) is 31.9. The van der Waals surface area contributed by atoms with Crippen LogP contribution in [0.25, 0.3) is 22.1 Å². The Morgan fingerprint density at radius 2 is 0.964 bits per heavy atom. The first-order valence-electron chi connectivity index (χ1n) is 18.3. The lowest BCUT2D eigenvalue weighted by Crippen LogP contribution is -2.34. The first kappa shape index (κ1) is 39.0. The minimum absolute atomic E-state index is 0.000970. The number of nitrogens with one attached hydrogen (secondary N) is 4. The molecule has 0 aliphatic rings. The maximum Gasteiger partial charge on any atom is 0.408 e. The number of carbonyl (C=O) groups is 4. The largest absolute Gasteiger partial charge is 0.445 e. The van der Waals surface area contributed by atoms with Gasteiger partial charge in [-0.05, 0) is 59.4 Å². The molecule has 6 rings (SSSR count). The van der Waals surface area contributed by atoms with Crippen LogP contribution in [0, 0.1) is 0 Å². The fraction of sp³-hybridized carbons (Fsp3) is 0.286. The standard InChI is InChI=1S/C42H46N8O6/c1-49(2)37(51)23-35(47-41(53)55-25-29-11-7-5-8-12-29)39-43-31-19-17-27(21-33(31)45-39)15-16-28-18-20-32-34(22-28)46-40(44-32)36(24-38(52)50(3)4)48-42(54)56-26-30-13-9-6-10-14-30/h5-14,17-22,35-36H,15-16,23-26H2,1-4H3,(H,43,45)(H,44,46)(H,47,53)(H,48,54)/t35-,36-/m0/s1. The summed E-state index contributed by atoms with van der Waals surface area (Å²) >= 11 is 0. The topological polar surface area (TPSA) is 175 Å². The number of amides is 4. The molecule has 0 radical (unpaired) electrons. The van der Waals surface area contributed by atoms with E-state index in [1.54, 1.807) is 28.2 Å². The zero-order valence-electron chi connectivity index (χ0n) is 31.9. The van der Waals surface area contributed by atoms with E-state index < -0.39 is 24.3 Å². The molecular formula is C42H46N8O6. The number of aromatic nitrogens is 4. The van der Waals surface area contributed by atoms with Gasteiger partial charge in [0.1, 0.15) is 24.9 Å². The normalized spacial score (nSPS) is 12.1. The van der Waals surface area contributed by atoms with Crippen molar-refractivity contribution in [2.45, 2.75) is 51.0 Å². The minimum Gasteiger partial charge on any atom is -0.445 e. The highest BCUT2D eigenvalue weighted by molar-refractivity contribution is 5.80. The van der Waals surface area contributed by atoms with Gasteiger partial charge in [0.15, 0.2) is 0 Å². The van der Waals surface area contributed by atoms with E-state index in [4.69, 9.17) is 19.4 Å². The highest BCUT2D eigenvalue weighted by atomic mass is 16.6. The predicted octanol–water partition coefficient (Wildman–Crippen LogP) is 6.12. The second-order valence-corrected chi connectivity index (χ2v) is 13.9. The molecule has 0 aliphatic heterocycles. The van der Waals surface area contributed by atoms with Crippen LogP contribution < -0.4 is 10.6 Å². The number of carbonyl (C=O) groups excluding carboxylic acids is 4. The molecule has 2 heterocycles. The van der Waals surface area contributed by atoms with Crippen LogP contribution in [0.4, 0.5) is 9.59 Å². The van der Waals surface area contributed by atoms with E-state index in [0.29, 0.717) is 22.7 Å². The van der Waals surface area contributed by atoms with Gasteiger partial charge in [-0.1, -0.05) is 72.8 Å². The Hall–Kier alpha value is -6.70. The number of benzene rings is 4. The lowest BCUT2D eigenvalue weighted by atomic mass is 10.0. The molecule has 0 fully saturated rings. The Morgan fingerprint density at radius 1 is 0.571 bits per heavy atom. The van der Waals surface area contributed by atoms with E-state index in [-0.39, 0.29) is 37.9 Å². The lowest BCUT2D eigenvalue weighted by molar-refractivity contribution is -0.130. The average molecular weight is 759 g/mol. The number of nitrogens with zero attached hydrogens (tertiary/aromatic N) is 4. The Kier molecular flexibility index (Phi) is 12.6. The van der Waals surface area contributed by atoms with Crippen molar-refractivity contribution >= 4 is 46.1 Å². The van der Waals surface area contributed by atoms with Crippen molar-refractivity contribution < 1.29 is 28.7 Å². The van der Waals surface area contributed by atoms with Gasteiger partial charge in [0, 0.05) is 28.2 Å². The summed E-state index contributed by atoms with van der Waals surface area (Å²) in [5.74, 6) is 0.565. The zero-order chi connectivity index (χ0) is 39.6.